The Balaban J connectivity index is 2.74. The Bertz CT molecular complexity index is 163. The largest absolute Gasteiger partial charge is 0.298 e. The summed E-state index contributed by atoms with van der Waals surface area (Å²) in [6.07, 6.45) is 7.35. The van der Waals surface area contributed by atoms with Crippen molar-refractivity contribution in [2.24, 2.45) is 4.99 Å². The Morgan fingerprint density at radius 3 is 3.00 bits per heavy atom. The van der Waals surface area contributed by atoms with Crippen molar-refractivity contribution in [3.05, 3.63) is 23.9 Å². The molecular formula is C6H5NO. The zero-order chi connectivity index (χ0) is 5.82. The summed E-state index contributed by atoms with van der Waals surface area (Å²) in [5, 5.41) is 0. The van der Waals surface area contributed by atoms with Gasteiger partial charge in [-0.05, 0) is 12.2 Å². The molecule has 0 spiro atoms. The van der Waals surface area contributed by atoms with Crippen LogP contribution in [0.4, 0.5) is 0 Å². The number of rotatable bonds is 1. The minimum atomic E-state index is 0.722. The van der Waals surface area contributed by atoms with E-state index in [0.29, 0.717) is 0 Å². The van der Waals surface area contributed by atoms with E-state index >= 15 is 0 Å². The molecule has 0 atom stereocenters. The maximum absolute atomic E-state index is 9.78. The van der Waals surface area contributed by atoms with Crippen molar-refractivity contribution in [2.75, 3.05) is 0 Å². The highest BCUT2D eigenvalue weighted by Crippen LogP contribution is 2.00. The molecule has 0 amide bonds. The average Bonchev–Trinajstić information content (AvgIpc) is 2.19. The molecule has 2 heteroatoms. The van der Waals surface area contributed by atoms with Crippen molar-refractivity contribution in [3.8, 4) is 0 Å². The molecular weight excluding hydrogens is 102 g/mol. The normalized spacial score (nSPS) is 20.2. The third kappa shape index (κ3) is 0.904. The molecule has 2 nitrogen and oxygen atoms in total. The number of aliphatic imine (C=N–C) groups is 1. The van der Waals surface area contributed by atoms with E-state index in [2.05, 4.69) is 4.99 Å². The minimum Gasteiger partial charge on any atom is -0.298 e. The fraction of sp³-hybridized carbons (Fsp3) is 0. The lowest BCUT2D eigenvalue weighted by atomic mass is 10.4. The van der Waals surface area contributed by atoms with E-state index in [-0.39, 0.29) is 0 Å². The van der Waals surface area contributed by atoms with Crippen molar-refractivity contribution >= 4 is 12.5 Å². The van der Waals surface area contributed by atoms with Crippen LogP contribution >= 0.6 is 0 Å². The first-order chi connectivity index (χ1) is 3.93. The van der Waals surface area contributed by atoms with Crippen molar-refractivity contribution in [1.29, 1.82) is 0 Å². The molecule has 1 aliphatic heterocycles. The molecule has 0 saturated carbocycles. The number of carbonyl (C=O) groups excluding carboxylic acids is 1. The van der Waals surface area contributed by atoms with Gasteiger partial charge in [0, 0.05) is 12.3 Å². The minimum absolute atomic E-state index is 0.722. The number of hydrogen-bond acceptors (Lipinski definition) is 2. The summed E-state index contributed by atoms with van der Waals surface area (Å²) < 4.78 is 0. The molecule has 0 fully saturated rings. The number of nitrogens with zero attached hydrogens (tertiary/aromatic N) is 1. The number of allylic oxidation sites excluding steroid dienone is 3. The molecule has 0 N–H and O–H groups in total. The van der Waals surface area contributed by atoms with E-state index in [0.717, 1.165) is 12.0 Å². The quantitative estimate of drug-likeness (QED) is 0.358. The van der Waals surface area contributed by atoms with Crippen molar-refractivity contribution in [1.82, 2.24) is 0 Å². The van der Waals surface area contributed by atoms with Crippen molar-refractivity contribution in [3.63, 3.8) is 0 Å². The fourth-order valence-corrected chi connectivity index (χ4v) is 0.482. The maximum atomic E-state index is 9.78. The standard InChI is InChI=1S/C6H5NO/c8-5-3-6-2-1-4-7-6/h1-5H/b6-3-. The molecule has 0 unspecified atom stereocenters. The zero-order valence-electron chi connectivity index (χ0n) is 4.24. The van der Waals surface area contributed by atoms with Gasteiger partial charge in [-0.15, -0.1) is 0 Å². The number of hydrogen-bond donors (Lipinski definition) is 0. The van der Waals surface area contributed by atoms with Gasteiger partial charge in [-0.3, -0.25) is 9.79 Å². The topological polar surface area (TPSA) is 29.4 Å². The molecule has 8 heavy (non-hydrogen) atoms. The van der Waals surface area contributed by atoms with Crippen LogP contribution in [0.25, 0.3) is 0 Å². The Labute approximate surface area is 47.2 Å². The first-order valence-electron chi connectivity index (χ1n) is 2.29. The van der Waals surface area contributed by atoms with Crippen LogP contribution in [0.2, 0.25) is 0 Å². The van der Waals surface area contributed by atoms with E-state index in [1.807, 2.05) is 0 Å². The van der Waals surface area contributed by atoms with Crippen LogP contribution < -0.4 is 0 Å². The first kappa shape index (κ1) is 4.97. The molecule has 1 rings (SSSR count). The van der Waals surface area contributed by atoms with Crippen LogP contribution in [-0.2, 0) is 4.79 Å². The van der Waals surface area contributed by atoms with Crippen molar-refractivity contribution in [2.45, 2.75) is 0 Å². The Kier molecular flexibility index (Phi) is 1.37. The molecule has 0 aromatic carbocycles. The molecule has 0 aliphatic carbocycles. The molecule has 0 aromatic rings. The second-order valence-corrected chi connectivity index (χ2v) is 1.36. The maximum Gasteiger partial charge on any atom is 0.144 e. The Morgan fingerprint density at radius 2 is 2.50 bits per heavy atom. The van der Waals surface area contributed by atoms with Gasteiger partial charge in [0.1, 0.15) is 6.29 Å². The van der Waals surface area contributed by atoms with Crippen LogP contribution in [0, 0.1) is 0 Å². The van der Waals surface area contributed by atoms with Crippen LogP contribution in [0.15, 0.2) is 28.9 Å². The zero-order valence-corrected chi connectivity index (χ0v) is 4.24. The van der Waals surface area contributed by atoms with Gasteiger partial charge < -0.3 is 0 Å². The molecule has 0 bridgehead atoms. The van der Waals surface area contributed by atoms with Gasteiger partial charge in [-0.25, -0.2) is 0 Å². The van der Waals surface area contributed by atoms with Gasteiger partial charge >= 0.3 is 0 Å². The van der Waals surface area contributed by atoms with Gasteiger partial charge in [0.2, 0.25) is 0 Å². The lowest BCUT2D eigenvalue weighted by Crippen LogP contribution is -1.66. The molecule has 1 heterocycles. The van der Waals surface area contributed by atoms with Crippen molar-refractivity contribution < 1.29 is 4.79 Å². The van der Waals surface area contributed by atoms with E-state index in [1.165, 1.54) is 6.08 Å². The van der Waals surface area contributed by atoms with Gasteiger partial charge in [0.25, 0.3) is 0 Å². The second kappa shape index (κ2) is 2.21. The second-order valence-electron chi connectivity index (χ2n) is 1.36. The first-order valence-corrected chi connectivity index (χ1v) is 2.29. The number of carbonyl (C=O) groups is 1. The predicted octanol–water partition coefficient (Wildman–Crippen LogP) is 0.710. The lowest BCUT2D eigenvalue weighted by Gasteiger charge is -1.77. The van der Waals surface area contributed by atoms with Crippen LogP contribution in [-0.4, -0.2) is 12.5 Å². The summed E-state index contributed by atoms with van der Waals surface area (Å²) in [7, 11) is 0. The SMILES string of the molecule is O=C/C=C1/C=CC=N1. The average molecular weight is 107 g/mol. The summed E-state index contributed by atoms with van der Waals surface area (Å²) in [4.78, 5) is 13.6. The van der Waals surface area contributed by atoms with Crippen LogP contribution in [0.1, 0.15) is 0 Å². The predicted molar refractivity (Wildman–Crippen MR) is 31.8 cm³/mol. The molecule has 1 aliphatic rings. The van der Waals surface area contributed by atoms with Gasteiger partial charge in [0.15, 0.2) is 0 Å². The highest BCUT2D eigenvalue weighted by atomic mass is 16.1. The lowest BCUT2D eigenvalue weighted by molar-refractivity contribution is -0.104. The third-order valence-corrected chi connectivity index (χ3v) is 0.815. The smallest absolute Gasteiger partial charge is 0.144 e. The molecule has 0 saturated heterocycles. The van der Waals surface area contributed by atoms with Gasteiger partial charge in [0.05, 0.1) is 5.70 Å². The van der Waals surface area contributed by atoms with E-state index in [1.54, 1.807) is 18.4 Å². The summed E-state index contributed by atoms with van der Waals surface area (Å²) in [6.45, 7) is 0. The van der Waals surface area contributed by atoms with Crippen LogP contribution in [0.5, 0.6) is 0 Å². The number of aldehydes is 1. The van der Waals surface area contributed by atoms with E-state index in [4.69, 9.17) is 0 Å². The Morgan fingerprint density at radius 1 is 1.62 bits per heavy atom. The summed E-state index contributed by atoms with van der Waals surface area (Å²) >= 11 is 0. The highest BCUT2D eigenvalue weighted by molar-refractivity contribution is 5.79. The summed E-state index contributed by atoms with van der Waals surface area (Å²) in [5.41, 5.74) is 0.722. The summed E-state index contributed by atoms with van der Waals surface area (Å²) in [5.74, 6) is 0. The molecule has 40 valence electrons. The van der Waals surface area contributed by atoms with Crippen LogP contribution in [0.3, 0.4) is 0 Å². The van der Waals surface area contributed by atoms with Gasteiger partial charge in [-0.1, -0.05) is 0 Å². The molecule has 0 radical (unpaired) electrons. The highest BCUT2D eigenvalue weighted by Gasteiger charge is 1.87. The van der Waals surface area contributed by atoms with Gasteiger partial charge in [-0.2, -0.15) is 0 Å². The molecule has 0 aromatic heterocycles. The Hall–Kier alpha value is -1.18. The monoisotopic (exact) mass is 107 g/mol. The fourth-order valence-electron chi connectivity index (χ4n) is 0.482. The van der Waals surface area contributed by atoms with E-state index < -0.39 is 0 Å². The third-order valence-electron chi connectivity index (χ3n) is 0.815. The summed E-state index contributed by atoms with van der Waals surface area (Å²) in [6, 6.07) is 0. The van der Waals surface area contributed by atoms with E-state index in [9.17, 15) is 4.79 Å².